The highest BCUT2D eigenvalue weighted by molar-refractivity contribution is 6.09. The van der Waals surface area contributed by atoms with Crippen LogP contribution in [0.5, 0.6) is 0 Å². The van der Waals surface area contributed by atoms with Gasteiger partial charge in [0, 0.05) is 29.1 Å². The molecule has 2 aromatic carbocycles. The smallest absolute Gasteiger partial charge is 0.366 e. The van der Waals surface area contributed by atoms with Crippen LogP contribution in [0, 0.1) is 11.6 Å². The van der Waals surface area contributed by atoms with Gasteiger partial charge in [0.25, 0.3) is 5.91 Å². The second-order valence-corrected chi connectivity index (χ2v) is 8.44. The highest BCUT2D eigenvalue weighted by atomic mass is 19.4. The van der Waals surface area contributed by atoms with Crippen LogP contribution in [-0.2, 0) is 5.41 Å². The van der Waals surface area contributed by atoms with Crippen LogP contribution in [0.3, 0.4) is 0 Å². The molecule has 2 aliphatic rings. The molecule has 1 spiro atoms. The van der Waals surface area contributed by atoms with E-state index in [4.69, 9.17) is 5.73 Å². The number of carbonyl (C=O) groups excluding carboxylic acids is 2. The number of amides is 2. The van der Waals surface area contributed by atoms with Gasteiger partial charge in [-0.25, -0.2) is 8.78 Å². The number of nitrogens with zero attached hydrogens (tertiary/aromatic N) is 1. The van der Waals surface area contributed by atoms with E-state index in [0.717, 1.165) is 23.1 Å². The molecule has 1 saturated heterocycles. The number of nitrogens with one attached hydrogen (secondary N) is 1. The molecule has 0 saturated carbocycles. The summed E-state index contributed by atoms with van der Waals surface area (Å²) in [6.07, 6.45) is -5.35. The summed E-state index contributed by atoms with van der Waals surface area (Å²) in [4.78, 5) is 26.4. The van der Waals surface area contributed by atoms with Crippen molar-refractivity contribution in [2.75, 3.05) is 18.0 Å². The predicted molar refractivity (Wildman–Crippen MR) is 111 cm³/mol. The Balaban J connectivity index is 1.91. The quantitative estimate of drug-likeness (QED) is 0.667. The molecule has 33 heavy (non-hydrogen) atoms. The van der Waals surface area contributed by atoms with Gasteiger partial charge in [0.15, 0.2) is 0 Å². The second-order valence-electron chi connectivity index (χ2n) is 8.44. The molecule has 1 unspecified atom stereocenters. The Morgan fingerprint density at radius 1 is 1.09 bits per heavy atom. The molecular weight excluding hydrogens is 445 g/mol. The van der Waals surface area contributed by atoms with Gasteiger partial charge in [-0.15, -0.1) is 0 Å². The summed E-state index contributed by atoms with van der Waals surface area (Å²) in [5.74, 6) is -3.98. The molecule has 0 radical (unpaired) electrons. The summed E-state index contributed by atoms with van der Waals surface area (Å²) < 4.78 is 68.7. The number of nitrogens with two attached hydrogens (primary N) is 1. The number of benzene rings is 2. The van der Waals surface area contributed by atoms with Crippen molar-refractivity contribution in [3.63, 3.8) is 0 Å². The Hall–Kier alpha value is -3.01. The van der Waals surface area contributed by atoms with Gasteiger partial charge >= 0.3 is 6.18 Å². The van der Waals surface area contributed by atoms with Crippen LogP contribution in [-0.4, -0.2) is 37.1 Å². The molecule has 176 valence electrons. The SMILES string of the molecule is NC(=O)c1ccc2c(c1)C1(CCNCC1)C(CCC(F)(F)F)N2C(=O)c1c(F)cccc1F. The number of alkyl halides is 3. The third-order valence-electron chi connectivity index (χ3n) is 6.62. The Labute approximate surface area is 186 Å². The van der Waals surface area contributed by atoms with Gasteiger partial charge in [-0.1, -0.05) is 6.07 Å². The lowest BCUT2D eigenvalue weighted by Gasteiger charge is -2.42. The first-order valence-electron chi connectivity index (χ1n) is 10.5. The van der Waals surface area contributed by atoms with E-state index in [0.29, 0.717) is 31.5 Å². The molecule has 2 aliphatic heterocycles. The van der Waals surface area contributed by atoms with Crippen LogP contribution in [0.1, 0.15) is 52.0 Å². The van der Waals surface area contributed by atoms with Crippen LogP contribution in [0.2, 0.25) is 0 Å². The lowest BCUT2D eigenvalue weighted by atomic mass is 9.68. The number of hydrogen-bond acceptors (Lipinski definition) is 3. The summed E-state index contributed by atoms with van der Waals surface area (Å²) in [6, 6.07) is 6.22. The van der Waals surface area contributed by atoms with Crippen LogP contribution >= 0.6 is 0 Å². The Morgan fingerprint density at radius 2 is 1.73 bits per heavy atom. The maximum atomic E-state index is 14.5. The number of hydrogen-bond donors (Lipinski definition) is 2. The van der Waals surface area contributed by atoms with Gasteiger partial charge < -0.3 is 16.0 Å². The zero-order valence-electron chi connectivity index (χ0n) is 17.5. The third kappa shape index (κ3) is 4.07. The van der Waals surface area contributed by atoms with Gasteiger partial charge in [0.2, 0.25) is 5.91 Å². The van der Waals surface area contributed by atoms with Crippen molar-refractivity contribution in [1.29, 1.82) is 0 Å². The largest absolute Gasteiger partial charge is 0.389 e. The fourth-order valence-electron chi connectivity index (χ4n) is 5.15. The maximum absolute atomic E-state index is 14.5. The number of anilines is 1. The molecule has 5 nitrogen and oxygen atoms in total. The molecular formula is C23H22F5N3O2. The predicted octanol–water partition coefficient (Wildman–Crippen LogP) is 4.06. The standard InChI is InChI=1S/C23H22F5N3O2/c24-15-2-1-3-16(25)19(15)21(33)31-17-5-4-13(20(29)32)12-14(17)22(8-10-30-11-9-22)18(31)6-7-23(26,27)28/h1-5,12,18,30H,6-11H2,(H2,29,32). The number of carbonyl (C=O) groups is 2. The summed E-state index contributed by atoms with van der Waals surface area (Å²) in [6.45, 7) is 0.942. The fourth-order valence-corrected chi connectivity index (χ4v) is 5.15. The first kappa shape index (κ1) is 23.2. The first-order valence-corrected chi connectivity index (χ1v) is 10.5. The van der Waals surface area contributed by atoms with Crippen LogP contribution in [0.25, 0.3) is 0 Å². The van der Waals surface area contributed by atoms with Gasteiger partial charge in [0.1, 0.15) is 17.2 Å². The average molecular weight is 467 g/mol. The monoisotopic (exact) mass is 467 g/mol. The second kappa shape index (κ2) is 8.40. The molecule has 1 atom stereocenters. The van der Waals surface area contributed by atoms with Crippen molar-refractivity contribution >= 4 is 17.5 Å². The number of piperidine rings is 1. The van der Waals surface area contributed by atoms with Crippen molar-refractivity contribution in [3.8, 4) is 0 Å². The van der Waals surface area contributed by atoms with Crippen LogP contribution in [0.15, 0.2) is 36.4 Å². The lowest BCUT2D eigenvalue weighted by Crippen LogP contribution is -2.52. The number of primary amides is 1. The highest BCUT2D eigenvalue weighted by Crippen LogP contribution is 2.53. The van der Waals surface area contributed by atoms with E-state index >= 15 is 0 Å². The van der Waals surface area contributed by atoms with Crippen LogP contribution in [0.4, 0.5) is 27.6 Å². The number of fused-ring (bicyclic) bond motifs is 2. The van der Waals surface area contributed by atoms with E-state index in [2.05, 4.69) is 5.32 Å². The third-order valence-corrected chi connectivity index (χ3v) is 6.62. The summed E-state index contributed by atoms with van der Waals surface area (Å²) >= 11 is 0. The number of halogens is 5. The summed E-state index contributed by atoms with van der Waals surface area (Å²) in [5, 5.41) is 3.15. The number of rotatable bonds is 4. The minimum absolute atomic E-state index is 0.146. The molecule has 2 aromatic rings. The normalized spacial score (nSPS) is 19.5. The molecule has 1 fully saturated rings. The van der Waals surface area contributed by atoms with E-state index in [1.807, 2.05) is 0 Å². The van der Waals surface area contributed by atoms with Crippen LogP contribution < -0.4 is 16.0 Å². The average Bonchev–Trinajstić information content (AvgIpc) is 3.00. The summed E-state index contributed by atoms with van der Waals surface area (Å²) in [5.41, 5.74) is 4.55. The highest BCUT2D eigenvalue weighted by Gasteiger charge is 2.54. The lowest BCUT2D eigenvalue weighted by molar-refractivity contribution is -0.137. The Kier molecular flexibility index (Phi) is 5.90. The zero-order chi connectivity index (χ0) is 24.0. The Bertz CT molecular complexity index is 1080. The van der Waals surface area contributed by atoms with Crippen molar-refractivity contribution < 1.29 is 31.5 Å². The van der Waals surface area contributed by atoms with Gasteiger partial charge in [-0.2, -0.15) is 13.2 Å². The molecule has 0 bridgehead atoms. The van der Waals surface area contributed by atoms with E-state index < -0.39 is 59.5 Å². The van der Waals surface area contributed by atoms with E-state index in [9.17, 15) is 31.5 Å². The van der Waals surface area contributed by atoms with E-state index in [1.165, 1.54) is 18.2 Å². The van der Waals surface area contributed by atoms with E-state index in [-0.39, 0.29) is 11.3 Å². The van der Waals surface area contributed by atoms with Crippen molar-refractivity contribution in [2.24, 2.45) is 5.73 Å². The van der Waals surface area contributed by atoms with Crippen molar-refractivity contribution in [2.45, 2.75) is 43.3 Å². The first-order chi connectivity index (χ1) is 15.5. The van der Waals surface area contributed by atoms with Crippen molar-refractivity contribution in [1.82, 2.24) is 5.32 Å². The molecule has 0 aromatic heterocycles. The zero-order valence-corrected chi connectivity index (χ0v) is 17.5. The van der Waals surface area contributed by atoms with Gasteiger partial charge in [-0.3, -0.25) is 9.59 Å². The minimum atomic E-state index is -4.49. The topological polar surface area (TPSA) is 75.4 Å². The maximum Gasteiger partial charge on any atom is 0.389 e. The van der Waals surface area contributed by atoms with E-state index in [1.54, 1.807) is 0 Å². The molecule has 3 N–H and O–H groups in total. The van der Waals surface area contributed by atoms with Gasteiger partial charge in [-0.05, 0) is 68.2 Å². The molecule has 2 heterocycles. The molecule has 10 heteroatoms. The molecule has 2 amide bonds. The van der Waals surface area contributed by atoms with Gasteiger partial charge in [0.05, 0.1) is 0 Å². The van der Waals surface area contributed by atoms with Crippen molar-refractivity contribution in [3.05, 3.63) is 64.7 Å². The molecule has 4 rings (SSSR count). The summed E-state index contributed by atoms with van der Waals surface area (Å²) in [7, 11) is 0. The minimum Gasteiger partial charge on any atom is -0.366 e. The Morgan fingerprint density at radius 3 is 2.30 bits per heavy atom. The fraction of sp³-hybridized carbons (Fsp3) is 0.391. The molecule has 0 aliphatic carbocycles.